The molecule has 19 heavy (non-hydrogen) atoms. The monoisotopic (exact) mass is 281 g/mol. The van der Waals surface area contributed by atoms with E-state index in [1.807, 2.05) is 5.32 Å². The van der Waals surface area contributed by atoms with Gasteiger partial charge in [-0.25, -0.2) is 4.79 Å². The van der Waals surface area contributed by atoms with Crippen molar-refractivity contribution >= 4 is 23.7 Å². The summed E-state index contributed by atoms with van der Waals surface area (Å²) < 4.78 is 2.17. The summed E-state index contributed by atoms with van der Waals surface area (Å²) in [5, 5.41) is 11.2. The second kappa shape index (κ2) is 4.84. The van der Waals surface area contributed by atoms with Crippen molar-refractivity contribution in [3.8, 4) is 0 Å². The van der Waals surface area contributed by atoms with Gasteiger partial charge in [0.05, 0.1) is 5.75 Å². The molecule has 2 fully saturated rings. The van der Waals surface area contributed by atoms with Crippen LogP contribution in [0, 0.1) is 0 Å². The van der Waals surface area contributed by atoms with E-state index in [0.717, 1.165) is 23.8 Å². The van der Waals surface area contributed by atoms with E-state index in [-0.39, 0.29) is 5.75 Å². The molecule has 0 unspecified atom stereocenters. The molecular weight excluding hydrogens is 266 g/mol. The van der Waals surface area contributed by atoms with Gasteiger partial charge < -0.3 is 10.3 Å². The largest absolute Gasteiger partial charge is 0.351 e. The molecule has 1 heterocycles. The lowest BCUT2D eigenvalue weighted by Crippen LogP contribution is -2.36. The summed E-state index contributed by atoms with van der Waals surface area (Å²) in [6.45, 7) is 0. The highest BCUT2D eigenvalue weighted by Gasteiger charge is 2.36. The molecule has 0 aromatic carbocycles. The summed E-state index contributed by atoms with van der Waals surface area (Å²) >= 11 is 1.30. The Morgan fingerprint density at radius 1 is 1.32 bits per heavy atom. The number of primary amides is 1. The molecule has 1 aromatic heterocycles. The van der Waals surface area contributed by atoms with Gasteiger partial charge in [-0.15, -0.1) is 10.2 Å². The molecule has 102 valence electrons. The van der Waals surface area contributed by atoms with Gasteiger partial charge >= 0.3 is 6.03 Å². The van der Waals surface area contributed by atoms with Crippen LogP contribution in [0.5, 0.6) is 0 Å². The molecule has 7 nitrogen and oxygen atoms in total. The Bertz CT molecular complexity index is 521. The Morgan fingerprint density at radius 3 is 2.63 bits per heavy atom. The summed E-state index contributed by atoms with van der Waals surface area (Å²) in [4.78, 5) is 21.9. The highest BCUT2D eigenvalue weighted by atomic mass is 32.2. The molecule has 2 saturated carbocycles. The van der Waals surface area contributed by atoms with Gasteiger partial charge in [0.15, 0.2) is 5.16 Å². The van der Waals surface area contributed by atoms with Crippen LogP contribution in [0.25, 0.3) is 0 Å². The zero-order valence-corrected chi connectivity index (χ0v) is 11.2. The van der Waals surface area contributed by atoms with E-state index in [9.17, 15) is 9.59 Å². The number of thioether (sulfide) groups is 1. The standard InChI is InChI=1S/C11H15N5O2S/c12-10(18)13-8(17)5-19-11-15-14-9(6-1-2-6)16(11)7-3-4-7/h6-7H,1-5H2,(H3,12,13,17,18). The van der Waals surface area contributed by atoms with E-state index < -0.39 is 11.9 Å². The minimum absolute atomic E-state index is 0.123. The molecule has 3 amide bonds. The average Bonchev–Trinajstić information content (AvgIpc) is 3.24. The number of imide groups is 1. The molecule has 2 aliphatic carbocycles. The predicted octanol–water partition coefficient (Wildman–Crippen LogP) is 0.777. The third-order valence-electron chi connectivity index (χ3n) is 3.14. The molecule has 0 atom stereocenters. The van der Waals surface area contributed by atoms with E-state index in [1.165, 1.54) is 24.6 Å². The number of nitrogens with two attached hydrogens (primary N) is 1. The zero-order valence-electron chi connectivity index (χ0n) is 10.3. The molecule has 0 saturated heterocycles. The van der Waals surface area contributed by atoms with E-state index >= 15 is 0 Å². The lowest BCUT2D eigenvalue weighted by molar-refractivity contribution is -0.117. The molecule has 0 bridgehead atoms. The highest BCUT2D eigenvalue weighted by molar-refractivity contribution is 7.99. The van der Waals surface area contributed by atoms with E-state index in [0.29, 0.717) is 12.0 Å². The number of aromatic nitrogens is 3. The van der Waals surface area contributed by atoms with Gasteiger partial charge in [0.1, 0.15) is 5.82 Å². The van der Waals surface area contributed by atoms with Gasteiger partial charge in [-0.2, -0.15) is 0 Å². The van der Waals surface area contributed by atoms with E-state index in [2.05, 4.69) is 14.8 Å². The summed E-state index contributed by atoms with van der Waals surface area (Å²) in [7, 11) is 0. The number of carbonyl (C=O) groups excluding carboxylic acids is 2. The Kier molecular flexibility index (Phi) is 3.17. The van der Waals surface area contributed by atoms with Crippen molar-refractivity contribution < 1.29 is 9.59 Å². The van der Waals surface area contributed by atoms with Crippen molar-refractivity contribution in [2.75, 3.05) is 5.75 Å². The second-order valence-electron chi connectivity index (χ2n) is 4.92. The van der Waals surface area contributed by atoms with Crippen LogP contribution >= 0.6 is 11.8 Å². The quantitative estimate of drug-likeness (QED) is 0.776. The maximum absolute atomic E-state index is 11.4. The Hall–Kier alpha value is -1.57. The maximum Gasteiger partial charge on any atom is 0.318 e. The number of nitrogens with zero attached hydrogens (tertiary/aromatic N) is 3. The molecule has 0 aliphatic heterocycles. The smallest absolute Gasteiger partial charge is 0.318 e. The van der Waals surface area contributed by atoms with Crippen molar-refractivity contribution in [1.82, 2.24) is 20.1 Å². The topological polar surface area (TPSA) is 103 Å². The van der Waals surface area contributed by atoms with Gasteiger partial charge in [0.2, 0.25) is 5.91 Å². The second-order valence-corrected chi connectivity index (χ2v) is 5.86. The minimum Gasteiger partial charge on any atom is -0.351 e. The zero-order chi connectivity index (χ0) is 13.4. The summed E-state index contributed by atoms with van der Waals surface area (Å²) in [6, 6.07) is -0.333. The van der Waals surface area contributed by atoms with Gasteiger partial charge in [-0.05, 0) is 25.7 Å². The van der Waals surface area contributed by atoms with Gasteiger partial charge in [0.25, 0.3) is 0 Å². The first-order valence-electron chi connectivity index (χ1n) is 6.32. The van der Waals surface area contributed by atoms with Crippen LogP contribution in [-0.4, -0.2) is 32.5 Å². The summed E-state index contributed by atoms with van der Waals surface area (Å²) in [5.41, 5.74) is 4.89. The van der Waals surface area contributed by atoms with Crippen LogP contribution in [0.4, 0.5) is 4.79 Å². The number of amides is 3. The van der Waals surface area contributed by atoms with Crippen molar-refractivity contribution in [2.45, 2.75) is 42.8 Å². The van der Waals surface area contributed by atoms with Gasteiger partial charge in [-0.1, -0.05) is 11.8 Å². The lowest BCUT2D eigenvalue weighted by Gasteiger charge is -2.07. The first-order valence-corrected chi connectivity index (χ1v) is 7.30. The summed E-state index contributed by atoms with van der Waals surface area (Å²) in [6.07, 6.45) is 4.66. The van der Waals surface area contributed by atoms with Gasteiger partial charge in [-0.3, -0.25) is 10.1 Å². The number of hydrogen-bond donors (Lipinski definition) is 2. The predicted molar refractivity (Wildman–Crippen MR) is 68.7 cm³/mol. The minimum atomic E-state index is -0.826. The molecule has 8 heteroatoms. The summed E-state index contributed by atoms with van der Waals surface area (Å²) in [5.74, 6) is 1.32. The van der Waals surface area contributed by atoms with E-state index in [1.54, 1.807) is 0 Å². The Labute approximate surface area is 114 Å². The number of nitrogens with one attached hydrogen (secondary N) is 1. The van der Waals surface area contributed by atoms with Crippen LogP contribution in [0.3, 0.4) is 0 Å². The fourth-order valence-electron chi connectivity index (χ4n) is 1.99. The SMILES string of the molecule is NC(=O)NC(=O)CSc1nnc(C2CC2)n1C1CC1. The highest BCUT2D eigenvalue weighted by Crippen LogP contribution is 2.45. The molecule has 3 N–H and O–H groups in total. The molecule has 3 rings (SSSR count). The third kappa shape index (κ3) is 2.89. The first kappa shape index (κ1) is 12.5. The van der Waals surface area contributed by atoms with Gasteiger partial charge in [0, 0.05) is 12.0 Å². The maximum atomic E-state index is 11.4. The molecule has 2 aliphatic rings. The Balaban J connectivity index is 1.67. The number of urea groups is 1. The van der Waals surface area contributed by atoms with Crippen LogP contribution in [0.15, 0.2) is 5.16 Å². The van der Waals surface area contributed by atoms with Crippen LogP contribution in [0.1, 0.15) is 43.5 Å². The van der Waals surface area contributed by atoms with Crippen LogP contribution in [-0.2, 0) is 4.79 Å². The average molecular weight is 281 g/mol. The van der Waals surface area contributed by atoms with Crippen LogP contribution in [0.2, 0.25) is 0 Å². The molecular formula is C11H15N5O2S. The first-order chi connectivity index (χ1) is 9.15. The van der Waals surface area contributed by atoms with Crippen molar-refractivity contribution in [3.05, 3.63) is 5.82 Å². The van der Waals surface area contributed by atoms with Crippen molar-refractivity contribution in [1.29, 1.82) is 0 Å². The number of hydrogen-bond acceptors (Lipinski definition) is 5. The normalized spacial score (nSPS) is 18.3. The van der Waals surface area contributed by atoms with Crippen molar-refractivity contribution in [3.63, 3.8) is 0 Å². The number of rotatable bonds is 5. The third-order valence-corrected chi connectivity index (χ3v) is 4.08. The fourth-order valence-corrected chi connectivity index (χ4v) is 2.80. The van der Waals surface area contributed by atoms with E-state index in [4.69, 9.17) is 5.73 Å². The Morgan fingerprint density at radius 2 is 2.05 bits per heavy atom. The van der Waals surface area contributed by atoms with Crippen molar-refractivity contribution in [2.24, 2.45) is 5.73 Å². The lowest BCUT2D eigenvalue weighted by atomic mass is 10.4. The molecule has 0 radical (unpaired) electrons. The molecule has 1 aromatic rings. The number of carbonyl (C=O) groups is 2. The molecule has 0 spiro atoms. The van der Waals surface area contributed by atoms with Crippen LogP contribution < -0.4 is 11.1 Å². The fraction of sp³-hybridized carbons (Fsp3) is 0.636.